The van der Waals surface area contributed by atoms with Gasteiger partial charge < -0.3 is 5.11 Å². The summed E-state index contributed by atoms with van der Waals surface area (Å²) in [5, 5.41) is 10.1. The number of hydrogen-bond acceptors (Lipinski definition) is 5. The predicted molar refractivity (Wildman–Crippen MR) is 136 cm³/mol. The number of hydrogen-bond donors (Lipinski definition) is 1. The number of allylic oxidation sites excluding steroid dienone is 5. The van der Waals surface area contributed by atoms with Gasteiger partial charge in [0.15, 0.2) is 11.6 Å². The Hall–Kier alpha value is -2.52. The van der Waals surface area contributed by atoms with Crippen molar-refractivity contribution in [2.45, 2.75) is 41.1 Å². The smallest absolute Gasteiger partial charge is 0.347 e. The van der Waals surface area contributed by atoms with E-state index in [0.717, 1.165) is 4.57 Å². The molecule has 1 aromatic carbocycles. The van der Waals surface area contributed by atoms with Crippen molar-refractivity contribution in [2.24, 2.45) is 7.05 Å². The summed E-state index contributed by atoms with van der Waals surface area (Å²) < 4.78 is 3.37. The standard InChI is InChI=1S/C24H19Cl4N3O5/c1-3-5-11-6-4-7-13(18(11)32)15-12-8-9-30-21(35)29(2)22(36)31(30)14(12)10-23(27)19(33)16(25)17(26)20(34)24(15,23)28/h3-4,6-8,14-15,32H,1,5,9-10H2,2H3/t14-,15-,23-,24+/m1/s1. The van der Waals surface area contributed by atoms with Crippen molar-refractivity contribution in [1.82, 2.24) is 13.9 Å². The maximum absolute atomic E-state index is 13.7. The zero-order valence-corrected chi connectivity index (χ0v) is 21.8. The van der Waals surface area contributed by atoms with E-state index in [0.29, 0.717) is 17.6 Å². The van der Waals surface area contributed by atoms with Gasteiger partial charge in [0.2, 0.25) is 0 Å². The molecule has 4 atom stereocenters. The molecular formula is C24H19Cl4N3O5. The summed E-state index contributed by atoms with van der Waals surface area (Å²) >= 11 is 26.5. The van der Waals surface area contributed by atoms with Gasteiger partial charge in [-0.25, -0.2) is 23.5 Å². The van der Waals surface area contributed by atoms with E-state index in [9.17, 15) is 24.3 Å². The zero-order valence-electron chi connectivity index (χ0n) is 18.8. The number of phenols is 1. The number of aromatic hydroxyl groups is 1. The van der Waals surface area contributed by atoms with Crippen LogP contribution in [0.5, 0.6) is 5.75 Å². The van der Waals surface area contributed by atoms with Gasteiger partial charge in [0.05, 0.1) is 12.6 Å². The van der Waals surface area contributed by atoms with Crippen molar-refractivity contribution >= 4 is 58.0 Å². The lowest BCUT2D eigenvalue weighted by Crippen LogP contribution is -2.67. The lowest BCUT2D eigenvalue weighted by molar-refractivity contribution is -0.128. The molecule has 3 aliphatic rings. The third-order valence-corrected chi connectivity index (χ3v) is 9.57. The minimum atomic E-state index is -2.19. The Kier molecular flexibility index (Phi) is 5.76. The second-order valence-electron chi connectivity index (χ2n) is 9.05. The summed E-state index contributed by atoms with van der Waals surface area (Å²) in [6, 6.07) is 3.98. The highest BCUT2D eigenvalue weighted by Crippen LogP contribution is 2.64. The van der Waals surface area contributed by atoms with Crippen molar-refractivity contribution in [3.63, 3.8) is 0 Å². The average molecular weight is 571 g/mol. The molecule has 1 aliphatic heterocycles. The number of fused-ring (bicyclic) bond motifs is 4. The van der Waals surface area contributed by atoms with Crippen LogP contribution in [0.15, 0.2) is 62.2 Å². The van der Waals surface area contributed by atoms with Crippen LogP contribution in [0.1, 0.15) is 29.5 Å². The molecule has 0 amide bonds. The lowest BCUT2D eigenvalue weighted by atomic mass is 9.59. The maximum atomic E-state index is 13.7. The first-order valence-corrected chi connectivity index (χ1v) is 12.5. The Morgan fingerprint density at radius 1 is 1.11 bits per heavy atom. The van der Waals surface area contributed by atoms with E-state index in [-0.39, 0.29) is 24.3 Å². The molecule has 5 rings (SSSR count). The van der Waals surface area contributed by atoms with E-state index >= 15 is 0 Å². The fourth-order valence-corrected chi connectivity index (χ4v) is 7.10. The number of halogens is 4. The van der Waals surface area contributed by atoms with Gasteiger partial charge in [0, 0.05) is 24.9 Å². The van der Waals surface area contributed by atoms with Gasteiger partial charge in [0.1, 0.15) is 25.6 Å². The average Bonchev–Trinajstić information content (AvgIpc) is 3.08. The van der Waals surface area contributed by atoms with E-state index in [1.54, 1.807) is 30.4 Å². The van der Waals surface area contributed by atoms with Crippen molar-refractivity contribution in [3.8, 4) is 5.75 Å². The first-order chi connectivity index (χ1) is 16.9. The number of carbonyl (C=O) groups excluding carboxylic acids is 2. The predicted octanol–water partition coefficient (Wildman–Crippen LogP) is 3.25. The largest absolute Gasteiger partial charge is 0.507 e. The normalized spacial score (nSPS) is 29.4. The van der Waals surface area contributed by atoms with Crippen LogP contribution in [-0.2, 0) is 29.6 Å². The van der Waals surface area contributed by atoms with Crippen LogP contribution in [-0.4, -0.2) is 40.4 Å². The summed E-state index contributed by atoms with van der Waals surface area (Å²) in [5.41, 5.74) is -0.0153. The lowest BCUT2D eigenvalue weighted by Gasteiger charge is -2.54. The molecule has 2 heterocycles. The Morgan fingerprint density at radius 2 is 1.78 bits per heavy atom. The number of Topliss-reactive ketones (excluding diaryl/α,β-unsaturated/α-hetero) is 2. The van der Waals surface area contributed by atoms with Crippen LogP contribution in [0.4, 0.5) is 0 Å². The maximum Gasteiger partial charge on any atom is 0.347 e. The number of benzene rings is 1. The monoisotopic (exact) mass is 569 g/mol. The molecule has 0 radical (unpaired) electrons. The summed E-state index contributed by atoms with van der Waals surface area (Å²) in [6.45, 7) is 3.70. The second kappa shape index (κ2) is 8.25. The number of nitrogens with zero attached hydrogens (tertiary/aromatic N) is 3. The van der Waals surface area contributed by atoms with E-state index < -0.39 is 54.7 Å². The van der Waals surface area contributed by atoms with Crippen LogP contribution in [0.2, 0.25) is 0 Å². The molecule has 0 bridgehead atoms. The van der Waals surface area contributed by atoms with Crippen LogP contribution in [0.3, 0.4) is 0 Å². The molecule has 188 valence electrons. The van der Waals surface area contributed by atoms with Gasteiger partial charge >= 0.3 is 11.4 Å². The molecule has 2 aliphatic carbocycles. The molecular weight excluding hydrogens is 552 g/mol. The van der Waals surface area contributed by atoms with E-state index in [4.69, 9.17) is 46.4 Å². The molecule has 1 fully saturated rings. The van der Waals surface area contributed by atoms with Crippen molar-refractivity contribution in [2.75, 3.05) is 0 Å². The highest BCUT2D eigenvalue weighted by atomic mass is 35.5. The van der Waals surface area contributed by atoms with Crippen LogP contribution in [0.25, 0.3) is 0 Å². The van der Waals surface area contributed by atoms with Crippen LogP contribution >= 0.6 is 46.4 Å². The minimum Gasteiger partial charge on any atom is -0.507 e. The van der Waals surface area contributed by atoms with Gasteiger partial charge in [-0.1, -0.05) is 53.6 Å². The first kappa shape index (κ1) is 25.1. The first-order valence-electron chi connectivity index (χ1n) is 10.9. The van der Waals surface area contributed by atoms with E-state index in [1.807, 2.05) is 0 Å². The highest BCUT2D eigenvalue weighted by molar-refractivity contribution is 6.66. The molecule has 1 N–H and O–H groups in total. The van der Waals surface area contributed by atoms with Gasteiger partial charge in [-0.2, -0.15) is 0 Å². The number of aromatic nitrogens is 3. The Balaban J connectivity index is 1.87. The highest BCUT2D eigenvalue weighted by Gasteiger charge is 2.71. The fraction of sp³-hybridized carbons (Fsp3) is 0.333. The number of ketones is 2. The van der Waals surface area contributed by atoms with Crippen LogP contribution < -0.4 is 11.4 Å². The van der Waals surface area contributed by atoms with E-state index in [2.05, 4.69) is 6.58 Å². The molecule has 1 saturated carbocycles. The summed E-state index contributed by atoms with van der Waals surface area (Å²) in [4.78, 5) is 48.6. The number of alkyl halides is 2. The summed E-state index contributed by atoms with van der Waals surface area (Å²) in [7, 11) is 1.34. The number of rotatable bonds is 3. The number of para-hydroxylation sites is 1. The molecule has 12 heteroatoms. The molecule has 8 nitrogen and oxygen atoms in total. The van der Waals surface area contributed by atoms with E-state index in [1.165, 1.54) is 16.4 Å². The molecule has 2 aromatic rings. The summed E-state index contributed by atoms with van der Waals surface area (Å²) in [5.74, 6) is -3.10. The Bertz CT molecular complexity index is 1560. The zero-order chi connectivity index (χ0) is 26.3. The molecule has 0 saturated heterocycles. The fourth-order valence-electron chi connectivity index (χ4n) is 5.59. The van der Waals surface area contributed by atoms with Gasteiger partial charge in [-0.3, -0.25) is 9.59 Å². The number of carbonyl (C=O) groups is 2. The Morgan fingerprint density at radius 3 is 2.44 bits per heavy atom. The quantitative estimate of drug-likeness (QED) is 0.451. The van der Waals surface area contributed by atoms with Crippen molar-refractivity contribution < 1.29 is 14.7 Å². The summed E-state index contributed by atoms with van der Waals surface area (Å²) in [6.07, 6.45) is 3.26. The Labute approximate surface area is 224 Å². The molecule has 1 aromatic heterocycles. The SMILES string of the molecule is C=CCc1cccc([C@H]2C3=CCn4c(=O)n(C)c(=O)n4[C@@H]3C[C@@]3(Cl)C(=O)C(Cl)=C(Cl)C(=O)[C@@]23Cl)c1O. The second-order valence-corrected chi connectivity index (χ2v) is 11.1. The van der Waals surface area contributed by atoms with Crippen molar-refractivity contribution in [1.29, 1.82) is 0 Å². The van der Waals surface area contributed by atoms with Gasteiger partial charge in [-0.05, 0) is 17.6 Å². The molecule has 0 spiro atoms. The molecule has 36 heavy (non-hydrogen) atoms. The van der Waals surface area contributed by atoms with Gasteiger partial charge in [0.25, 0.3) is 0 Å². The third-order valence-electron chi connectivity index (χ3n) is 7.32. The van der Waals surface area contributed by atoms with Crippen LogP contribution in [0, 0.1) is 0 Å². The number of phenolic OH excluding ortho intramolecular Hbond substituents is 1. The topological polar surface area (TPSA) is 103 Å². The van der Waals surface area contributed by atoms with Crippen molar-refractivity contribution in [3.05, 3.63) is 84.7 Å². The minimum absolute atomic E-state index is 0.000916. The third kappa shape index (κ3) is 2.96. The van der Waals surface area contributed by atoms with Gasteiger partial charge in [-0.15, -0.1) is 29.8 Å². The molecule has 0 unspecified atom stereocenters.